The second-order valence-corrected chi connectivity index (χ2v) is 3.61. The van der Waals surface area contributed by atoms with Crippen molar-refractivity contribution >= 4 is 5.78 Å². The van der Waals surface area contributed by atoms with Crippen molar-refractivity contribution in [1.82, 2.24) is 4.98 Å². The number of hydrogen-bond donors (Lipinski definition) is 2. The number of ketones is 1. The molecular weight excluding hydrogens is 164 g/mol. The molecule has 0 aromatic carbocycles. The maximum atomic E-state index is 11.7. The number of aromatic amines is 1. The van der Waals surface area contributed by atoms with E-state index in [1.165, 1.54) is 6.42 Å². The van der Waals surface area contributed by atoms with E-state index in [0.717, 1.165) is 24.1 Å². The standard InChI is InChI=1S/C10H14N2O/c11-5-9-4-8(6-12-9)10(13)7-2-1-3-7/h4,6-7,12H,1-3,5,11H2. The Labute approximate surface area is 77.3 Å². The van der Waals surface area contributed by atoms with Crippen molar-refractivity contribution in [2.75, 3.05) is 0 Å². The third-order valence-electron chi connectivity index (χ3n) is 2.72. The molecule has 70 valence electrons. The molecule has 1 fully saturated rings. The Hall–Kier alpha value is -1.09. The van der Waals surface area contributed by atoms with Crippen LogP contribution in [0.1, 0.15) is 35.3 Å². The van der Waals surface area contributed by atoms with Crippen LogP contribution in [0.25, 0.3) is 0 Å². The largest absolute Gasteiger partial charge is 0.363 e. The number of hydrogen-bond acceptors (Lipinski definition) is 2. The van der Waals surface area contributed by atoms with Gasteiger partial charge in [0.15, 0.2) is 5.78 Å². The maximum absolute atomic E-state index is 11.7. The molecule has 0 bridgehead atoms. The Morgan fingerprint density at radius 3 is 2.85 bits per heavy atom. The predicted molar refractivity (Wildman–Crippen MR) is 50.4 cm³/mol. The van der Waals surface area contributed by atoms with Gasteiger partial charge < -0.3 is 10.7 Å². The van der Waals surface area contributed by atoms with Gasteiger partial charge in [0.05, 0.1) is 0 Å². The molecule has 13 heavy (non-hydrogen) atoms. The van der Waals surface area contributed by atoms with Gasteiger partial charge in [-0.25, -0.2) is 0 Å². The zero-order valence-corrected chi connectivity index (χ0v) is 7.55. The molecule has 1 saturated carbocycles. The second kappa shape index (κ2) is 3.34. The molecule has 1 heterocycles. The molecule has 1 aliphatic rings. The van der Waals surface area contributed by atoms with E-state index in [1.54, 1.807) is 6.20 Å². The summed E-state index contributed by atoms with van der Waals surface area (Å²) >= 11 is 0. The van der Waals surface area contributed by atoms with Gasteiger partial charge in [-0.1, -0.05) is 6.42 Å². The minimum atomic E-state index is 0.279. The van der Waals surface area contributed by atoms with Crippen LogP contribution >= 0.6 is 0 Å². The molecule has 0 spiro atoms. The molecule has 0 atom stereocenters. The van der Waals surface area contributed by atoms with Crippen LogP contribution in [0.3, 0.4) is 0 Å². The van der Waals surface area contributed by atoms with Crippen LogP contribution in [0, 0.1) is 5.92 Å². The van der Waals surface area contributed by atoms with Crippen LogP contribution in [-0.4, -0.2) is 10.8 Å². The van der Waals surface area contributed by atoms with Crippen LogP contribution in [0.4, 0.5) is 0 Å². The monoisotopic (exact) mass is 178 g/mol. The molecule has 1 aromatic heterocycles. The molecule has 2 rings (SSSR count). The highest BCUT2D eigenvalue weighted by Crippen LogP contribution is 2.29. The summed E-state index contributed by atoms with van der Waals surface area (Å²) in [5, 5.41) is 0. The van der Waals surface area contributed by atoms with Crippen LogP contribution in [0.15, 0.2) is 12.3 Å². The van der Waals surface area contributed by atoms with Crippen molar-refractivity contribution in [3.05, 3.63) is 23.5 Å². The number of rotatable bonds is 3. The highest BCUT2D eigenvalue weighted by atomic mass is 16.1. The van der Waals surface area contributed by atoms with Gasteiger partial charge in [0.1, 0.15) is 0 Å². The second-order valence-electron chi connectivity index (χ2n) is 3.61. The van der Waals surface area contributed by atoms with Gasteiger partial charge in [-0.2, -0.15) is 0 Å². The summed E-state index contributed by atoms with van der Waals surface area (Å²) in [6, 6.07) is 1.86. The minimum Gasteiger partial charge on any atom is -0.363 e. The highest BCUT2D eigenvalue weighted by Gasteiger charge is 2.26. The fraction of sp³-hybridized carbons (Fsp3) is 0.500. The molecule has 0 aliphatic heterocycles. The van der Waals surface area contributed by atoms with E-state index < -0.39 is 0 Å². The Kier molecular flexibility index (Phi) is 2.19. The molecule has 0 amide bonds. The first kappa shape index (κ1) is 8.51. The summed E-state index contributed by atoms with van der Waals surface area (Å²) in [5.41, 5.74) is 7.17. The van der Waals surface area contributed by atoms with E-state index in [2.05, 4.69) is 4.98 Å². The molecule has 0 saturated heterocycles. The molecule has 3 N–H and O–H groups in total. The third kappa shape index (κ3) is 1.52. The minimum absolute atomic E-state index is 0.279. The van der Waals surface area contributed by atoms with Crippen molar-refractivity contribution < 1.29 is 4.79 Å². The van der Waals surface area contributed by atoms with Crippen molar-refractivity contribution in [2.45, 2.75) is 25.8 Å². The van der Waals surface area contributed by atoms with E-state index in [1.807, 2.05) is 6.07 Å². The fourth-order valence-corrected chi connectivity index (χ4v) is 1.61. The van der Waals surface area contributed by atoms with Crippen LogP contribution in [-0.2, 0) is 6.54 Å². The number of nitrogens with two attached hydrogens (primary N) is 1. The van der Waals surface area contributed by atoms with Crippen molar-refractivity contribution in [3.63, 3.8) is 0 Å². The van der Waals surface area contributed by atoms with Gasteiger partial charge in [0.2, 0.25) is 0 Å². The van der Waals surface area contributed by atoms with Crippen molar-refractivity contribution in [2.24, 2.45) is 11.7 Å². The Bertz CT molecular complexity index is 312. The van der Waals surface area contributed by atoms with Crippen LogP contribution in [0.2, 0.25) is 0 Å². The maximum Gasteiger partial charge on any atom is 0.167 e. The van der Waals surface area contributed by atoms with Gasteiger partial charge in [0, 0.05) is 29.9 Å². The van der Waals surface area contributed by atoms with E-state index in [-0.39, 0.29) is 11.7 Å². The summed E-state index contributed by atoms with van der Waals surface area (Å²) in [5.74, 6) is 0.559. The zero-order chi connectivity index (χ0) is 9.26. The van der Waals surface area contributed by atoms with Crippen LogP contribution < -0.4 is 5.73 Å². The average molecular weight is 178 g/mol. The number of H-pyrrole nitrogens is 1. The van der Waals surface area contributed by atoms with Crippen molar-refractivity contribution in [1.29, 1.82) is 0 Å². The summed E-state index contributed by atoms with van der Waals surface area (Å²) in [7, 11) is 0. The zero-order valence-electron chi connectivity index (χ0n) is 7.55. The van der Waals surface area contributed by atoms with E-state index in [4.69, 9.17) is 5.73 Å². The van der Waals surface area contributed by atoms with Gasteiger partial charge in [-0.05, 0) is 18.9 Å². The lowest BCUT2D eigenvalue weighted by atomic mass is 9.80. The molecule has 1 aromatic rings. The number of carbonyl (C=O) groups is 1. The number of Topliss-reactive ketones (excluding diaryl/α,β-unsaturated/α-hetero) is 1. The summed E-state index contributed by atoms with van der Waals surface area (Å²) < 4.78 is 0. The quantitative estimate of drug-likeness (QED) is 0.688. The number of carbonyl (C=O) groups excluding carboxylic acids is 1. The van der Waals surface area contributed by atoms with Gasteiger partial charge in [-0.3, -0.25) is 4.79 Å². The predicted octanol–water partition coefficient (Wildman–Crippen LogP) is 1.46. The topological polar surface area (TPSA) is 58.9 Å². The number of aromatic nitrogens is 1. The van der Waals surface area contributed by atoms with Gasteiger partial charge >= 0.3 is 0 Å². The summed E-state index contributed by atoms with van der Waals surface area (Å²) in [4.78, 5) is 14.7. The fourth-order valence-electron chi connectivity index (χ4n) is 1.61. The average Bonchev–Trinajstić information content (AvgIpc) is 2.48. The van der Waals surface area contributed by atoms with Crippen molar-refractivity contribution in [3.8, 4) is 0 Å². The molecule has 0 unspecified atom stereocenters. The molecule has 3 nitrogen and oxygen atoms in total. The summed E-state index contributed by atoms with van der Waals surface area (Å²) in [6.45, 7) is 0.470. The number of nitrogens with one attached hydrogen (secondary N) is 1. The Balaban J connectivity index is 2.10. The molecule has 1 aliphatic carbocycles. The molecular formula is C10H14N2O. The first-order chi connectivity index (χ1) is 6.31. The van der Waals surface area contributed by atoms with E-state index in [9.17, 15) is 4.79 Å². The lowest BCUT2D eigenvalue weighted by Crippen LogP contribution is -2.21. The lowest BCUT2D eigenvalue weighted by molar-refractivity contribution is 0.0855. The normalized spacial score (nSPS) is 17.0. The van der Waals surface area contributed by atoms with E-state index in [0.29, 0.717) is 6.54 Å². The van der Waals surface area contributed by atoms with Gasteiger partial charge in [0.25, 0.3) is 0 Å². The van der Waals surface area contributed by atoms with Crippen LogP contribution in [0.5, 0.6) is 0 Å². The molecule has 0 radical (unpaired) electrons. The third-order valence-corrected chi connectivity index (χ3v) is 2.72. The molecule has 3 heteroatoms. The SMILES string of the molecule is NCc1cc(C(=O)C2CCC2)c[nH]1. The summed E-state index contributed by atoms with van der Waals surface area (Å²) in [6.07, 6.45) is 5.08. The Morgan fingerprint density at radius 2 is 2.38 bits per heavy atom. The Morgan fingerprint density at radius 1 is 1.62 bits per heavy atom. The van der Waals surface area contributed by atoms with Gasteiger partial charge in [-0.15, -0.1) is 0 Å². The van der Waals surface area contributed by atoms with E-state index >= 15 is 0 Å². The first-order valence-corrected chi connectivity index (χ1v) is 4.73. The lowest BCUT2D eigenvalue weighted by Gasteiger charge is -2.23. The first-order valence-electron chi connectivity index (χ1n) is 4.73. The highest BCUT2D eigenvalue weighted by molar-refractivity contribution is 5.98. The smallest absolute Gasteiger partial charge is 0.167 e.